The molecule has 0 aromatic heterocycles. The first-order valence-corrected chi connectivity index (χ1v) is 7.24. The highest BCUT2D eigenvalue weighted by Crippen LogP contribution is 2.21. The Bertz CT molecular complexity index is 397. The van der Waals surface area contributed by atoms with E-state index in [0.29, 0.717) is 13.0 Å². The van der Waals surface area contributed by atoms with Gasteiger partial charge in [-0.05, 0) is 26.2 Å². The number of hydrogen-bond acceptors (Lipinski definition) is 4. The van der Waals surface area contributed by atoms with Gasteiger partial charge in [-0.3, -0.25) is 9.59 Å². The molecule has 120 valence electrons. The van der Waals surface area contributed by atoms with Crippen LogP contribution in [0, 0.1) is 11.8 Å². The number of esters is 1. The van der Waals surface area contributed by atoms with E-state index in [1.807, 2.05) is 6.92 Å². The van der Waals surface area contributed by atoms with E-state index < -0.39 is 11.9 Å². The van der Waals surface area contributed by atoms with Crippen molar-refractivity contribution in [3.05, 3.63) is 0 Å². The van der Waals surface area contributed by atoms with Gasteiger partial charge in [0.25, 0.3) is 0 Å². The molecule has 1 fully saturated rings. The quantitative estimate of drug-likeness (QED) is 0.741. The van der Waals surface area contributed by atoms with Gasteiger partial charge >= 0.3 is 18.0 Å². The standard InChI is InChI=1S/C14H24N2O5/c1-9(2)21-12(17)4-5-15-14(20)16-7-10(3)6-11(8-16)13(18)19/h9-11H,4-8H2,1-3H3,(H,15,20)(H,18,19). The molecule has 2 unspecified atom stereocenters. The lowest BCUT2D eigenvalue weighted by Crippen LogP contribution is -2.49. The van der Waals surface area contributed by atoms with E-state index in [4.69, 9.17) is 9.84 Å². The first-order valence-electron chi connectivity index (χ1n) is 7.24. The van der Waals surface area contributed by atoms with E-state index in [1.165, 1.54) is 4.90 Å². The van der Waals surface area contributed by atoms with E-state index in [2.05, 4.69) is 5.32 Å². The summed E-state index contributed by atoms with van der Waals surface area (Å²) in [6.45, 7) is 6.38. The molecule has 1 aliphatic heterocycles. The van der Waals surface area contributed by atoms with Crippen LogP contribution in [-0.2, 0) is 14.3 Å². The molecule has 2 atom stereocenters. The molecule has 0 saturated carbocycles. The van der Waals surface area contributed by atoms with Crippen LogP contribution in [0.5, 0.6) is 0 Å². The molecule has 0 radical (unpaired) electrons. The summed E-state index contributed by atoms with van der Waals surface area (Å²) in [6.07, 6.45) is 0.516. The van der Waals surface area contributed by atoms with Crippen LogP contribution in [0.1, 0.15) is 33.6 Å². The van der Waals surface area contributed by atoms with Crippen LogP contribution >= 0.6 is 0 Å². The van der Waals surface area contributed by atoms with E-state index in [0.717, 1.165) is 0 Å². The van der Waals surface area contributed by atoms with Crippen molar-refractivity contribution in [2.45, 2.75) is 39.7 Å². The van der Waals surface area contributed by atoms with E-state index >= 15 is 0 Å². The summed E-state index contributed by atoms with van der Waals surface area (Å²) < 4.78 is 4.96. The Labute approximate surface area is 124 Å². The molecule has 2 N–H and O–H groups in total. The number of nitrogens with one attached hydrogen (secondary N) is 1. The monoisotopic (exact) mass is 300 g/mol. The summed E-state index contributed by atoms with van der Waals surface area (Å²) >= 11 is 0. The second-order valence-electron chi connectivity index (χ2n) is 5.80. The number of carbonyl (C=O) groups is 3. The molecule has 1 rings (SSSR count). The number of ether oxygens (including phenoxy) is 1. The number of aliphatic carboxylic acids is 1. The molecule has 0 bridgehead atoms. The molecular weight excluding hydrogens is 276 g/mol. The second-order valence-corrected chi connectivity index (χ2v) is 5.80. The zero-order valence-electron chi connectivity index (χ0n) is 12.8. The first-order chi connectivity index (χ1) is 9.79. The van der Waals surface area contributed by atoms with Gasteiger partial charge in [0.05, 0.1) is 18.4 Å². The van der Waals surface area contributed by atoms with Crippen molar-refractivity contribution < 1.29 is 24.2 Å². The maximum absolute atomic E-state index is 12.0. The maximum atomic E-state index is 12.0. The molecule has 0 aromatic carbocycles. The molecule has 1 saturated heterocycles. The number of likely N-dealkylation sites (tertiary alicyclic amines) is 1. The smallest absolute Gasteiger partial charge is 0.317 e. The molecule has 1 aliphatic rings. The molecule has 0 aromatic rings. The normalized spacial score (nSPS) is 22.0. The fourth-order valence-corrected chi connectivity index (χ4v) is 2.40. The third-order valence-electron chi connectivity index (χ3n) is 3.27. The predicted octanol–water partition coefficient (Wildman–Crippen LogP) is 1.08. The molecule has 2 amide bonds. The highest BCUT2D eigenvalue weighted by Gasteiger charge is 2.31. The zero-order valence-corrected chi connectivity index (χ0v) is 12.8. The third kappa shape index (κ3) is 6.01. The topological polar surface area (TPSA) is 95.9 Å². The minimum absolute atomic E-state index is 0.107. The Morgan fingerprint density at radius 1 is 1.33 bits per heavy atom. The van der Waals surface area contributed by atoms with Gasteiger partial charge in [0, 0.05) is 19.6 Å². The predicted molar refractivity (Wildman–Crippen MR) is 75.7 cm³/mol. The Kier molecular flexibility index (Phi) is 6.45. The van der Waals surface area contributed by atoms with E-state index in [-0.39, 0.29) is 43.5 Å². The number of hydrogen-bond donors (Lipinski definition) is 2. The number of urea groups is 1. The van der Waals surface area contributed by atoms with Crippen LogP contribution in [0.2, 0.25) is 0 Å². The SMILES string of the molecule is CC1CC(C(=O)O)CN(C(=O)NCCC(=O)OC(C)C)C1. The van der Waals surface area contributed by atoms with Crippen molar-refractivity contribution in [2.24, 2.45) is 11.8 Å². The molecule has 0 spiro atoms. The number of piperidine rings is 1. The number of rotatable bonds is 5. The van der Waals surface area contributed by atoms with E-state index in [1.54, 1.807) is 13.8 Å². The number of nitrogens with zero attached hydrogens (tertiary/aromatic N) is 1. The number of amides is 2. The molecule has 1 heterocycles. The lowest BCUT2D eigenvalue weighted by Gasteiger charge is -2.34. The molecule has 21 heavy (non-hydrogen) atoms. The van der Waals surface area contributed by atoms with Crippen molar-refractivity contribution in [3.8, 4) is 0 Å². The Morgan fingerprint density at radius 2 is 2.00 bits per heavy atom. The average Bonchev–Trinajstić information content (AvgIpc) is 2.36. The zero-order chi connectivity index (χ0) is 16.0. The molecule has 7 heteroatoms. The molecular formula is C14H24N2O5. The highest BCUT2D eigenvalue weighted by atomic mass is 16.5. The fraction of sp³-hybridized carbons (Fsp3) is 0.786. The lowest BCUT2D eigenvalue weighted by molar-refractivity contribution is -0.147. The second kappa shape index (κ2) is 7.85. The van der Waals surface area contributed by atoms with Crippen molar-refractivity contribution in [1.82, 2.24) is 10.2 Å². The minimum atomic E-state index is -0.875. The van der Waals surface area contributed by atoms with Gasteiger partial charge in [-0.25, -0.2) is 4.79 Å². The fourth-order valence-electron chi connectivity index (χ4n) is 2.40. The Hall–Kier alpha value is -1.79. The summed E-state index contributed by atoms with van der Waals surface area (Å²) in [7, 11) is 0. The van der Waals surface area contributed by atoms with Crippen LogP contribution in [0.4, 0.5) is 4.79 Å². The van der Waals surface area contributed by atoms with Crippen LogP contribution in [0.3, 0.4) is 0 Å². The van der Waals surface area contributed by atoms with Crippen molar-refractivity contribution in [3.63, 3.8) is 0 Å². The summed E-state index contributed by atoms with van der Waals surface area (Å²) in [4.78, 5) is 35.9. The molecule has 7 nitrogen and oxygen atoms in total. The Balaban J connectivity index is 2.37. The van der Waals surface area contributed by atoms with Crippen molar-refractivity contribution >= 4 is 18.0 Å². The van der Waals surface area contributed by atoms with Crippen LogP contribution in [-0.4, -0.2) is 53.7 Å². The van der Waals surface area contributed by atoms with Gasteiger partial charge in [-0.2, -0.15) is 0 Å². The van der Waals surface area contributed by atoms with Crippen LogP contribution in [0.15, 0.2) is 0 Å². The summed E-state index contributed by atoms with van der Waals surface area (Å²) in [5, 5.41) is 11.7. The van der Waals surface area contributed by atoms with Gasteiger partial charge in [0.15, 0.2) is 0 Å². The summed E-state index contributed by atoms with van der Waals surface area (Å²) in [5.74, 6) is -1.61. The van der Waals surface area contributed by atoms with Crippen LogP contribution < -0.4 is 5.32 Å². The molecule has 0 aliphatic carbocycles. The number of carboxylic acid groups (broad SMARTS) is 1. The van der Waals surface area contributed by atoms with E-state index in [9.17, 15) is 14.4 Å². The van der Waals surface area contributed by atoms with Crippen LogP contribution in [0.25, 0.3) is 0 Å². The summed E-state index contributed by atoms with van der Waals surface area (Å²) in [5.41, 5.74) is 0. The van der Waals surface area contributed by atoms with Gasteiger partial charge in [0.2, 0.25) is 0 Å². The number of carboxylic acids is 1. The van der Waals surface area contributed by atoms with Crippen molar-refractivity contribution in [1.29, 1.82) is 0 Å². The summed E-state index contributed by atoms with van der Waals surface area (Å²) in [6, 6.07) is -0.329. The highest BCUT2D eigenvalue weighted by molar-refractivity contribution is 5.77. The van der Waals surface area contributed by atoms with Crippen molar-refractivity contribution in [2.75, 3.05) is 19.6 Å². The van der Waals surface area contributed by atoms with Gasteiger partial charge < -0.3 is 20.1 Å². The Morgan fingerprint density at radius 3 is 2.57 bits per heavy atom. The van der Waals surface area contributed by atoms with Gasteiger partial charge in [0.1, 0.15) is 0 Å². The first kappa shape index (κ1) is 17.3. The lowest BCUT2D eigenvalue weighted by atomic mass is 9.91. The largest absolute Gasteiger partial charge is 0.481 e. The number of carbonyl (C=O) groups excluding carboxylic acids is 2. The average molecular weight is 300 g/mol. The minimum Gasteiger partial charge on any atom is -0.481 e. The van der Waals surface area contributed by atoms with Gasteiger partial charge in [-0.15, -0.1) is 0 Å². The van der Waals surface area contributed by atoms with Gasteiger partial charge in [-0.1, -0.05) is 6.92 Å². The maximum Gasteiger partial charge on any atom is 0.317 e. The third-order valence-corrected chi connectivity index (χ3v) is 3.27.